The van der Waals surface area contributed by atoms with Crippen molar-refractivity contribution in [2.45, 2.75) is 18.6 Å². The maximum Gasteiger partial charge on any atom is 0.404 e. The molecule has 3 heterocycles. The van der Waals surface area contributed by atoms with Gasteiger partial charge in [0.15, 0.2) is 5.75 Å². The fraction of sp³-hybridized carbons (Fsp3) is 0.556. The summed E-state index contributed by atoms with van der Waals surface area (Å²) in [6, 6.07) is -1.28. The van der Waals surface area contributed by atoms with Crippen molar-refractivity contribution in [2.75, 3.05) is 12.3 Å². The highest BCUT2D eigenvalue weighted by atomic mass is 32.2. The van der Waals surface area contributed by atoms with Crippen LogP contribution in [0, 0.1) is 0 Å². The Morgan fingerprint density at radius 1 is 1.30 bits per heavy atom. The van der Waals surface area contributed by atoms with Crippen molar-refractivity contribution < 1.29 is 31.2 Å². The number of urea groups is 1. The molecule has 1 unspecified atom stereocenters. The molecule has 0 spiro atoms. The van der Waals surface area contributed by atoms with E-state index in [4.69, 9.17) is 0 Å². The third kappa shape index (κ3) is 1.76. The summed E-state index contributed by atoms with van der Waals surface area (Å²) in [6.45, 7) is -0.252. The zero-order chi connectivity index (χ0) is 14.9. The summed E-state index contributed by atoms with van der Waals surface area (Å²) >= 11 is 0. The molecule has 0 aromatic heterocycles. The fourth-order valence-electron chi connectivity index (χ4n) is 2.69. The second-order valence-corrected chi connectivity index (χ2v) is 6.58. The van der Waals surface area contributed by atoms with E-state index in [1.165, 1.54) is 0 Å². The molecule has 11 heteroatoms. The van der Waals surface area contributed by atoms with Crippen LogP contribution in [0.3, 0.4) is 0 Å². The lowest BCUT2D eigenvalue weighted by atomic mass is 10.3. The zero-order valence-corrected chi connectivity index (χ0v) is 10.6. The number of hydrogen-bond acceptors (Lipinski definition) is 4. The van der Waals surface area contributed by atoms with Gasteiger partial charge < -0.3 is 0 Å². The largest absolute Gasteiger partial charge is 0.404 e. The number of amides is 3. The number of sulfonamides is 1. The van der Waals surface area contributed by atoms with Crippen LogP contribution in [0.1, 0.15) is 6.42 Å². The van der Waals surface area contributed by atoms with Crippen molar-refractivity contribution in [3.8, 4) is 0 Å². The first-order valence-corrected chi connectivity index (χ1v) is 7.16. The maximum atomic E-state index is 12.3. The third-order valence-electron chi connectivity index (χ3n) is 3.32. The molecule has 3 aliphatic rings. The van der Waals surface area contributed by atoms with Gasteiger partial charge in [-0.3, -0.25) is 19.3 Å². The molecule has 0 saturated carbocycles. The Kier molecular flexibility index (Phi) is 2.41. The number of hydrogen-bond donors (Lipinski definition) is 1. The van der Waals surface area contributed by atoms with Gasteiger partial charge in [0.2, 0.25) is 10.0 Å². The van der Waals surface area contributed by atoms with Crippen LogP contribution in [0.2, 0.25) is 0 Å². The molecule has 110 valence electrons. The summed E-state index contributed by atoms with van der Waals surface area (Å²) in [7, 11) is -4.60. The number of carbonyl (C=O) groups excluding carboxylic acids is 2. The summed E-state index contributed by atoms with van der Waals surface area (Å²) < 4.78 is 61.0. The molecule has 2 saturated heterocycles. The molecule has 2 bridgehead atoms. The number of carbonyl (C=O) groups is 2. The molecule has 0 aromatic rings. The monoisotopic (exact) mass is 311 g/mol. The third-order valence-corrected chi connectivity index (χ3v) is 5.06. The number of halogens is 3. The van der Waals surface area contributed by atoms with Crippen molar-refractivity contribution in [1.82, 2.24) is 14.5 Å². The molecule has 0 aliphatic carbocycles. The Hall–Kier alpha value is -1.78. The average Bonchev–Trinajstić information content (AvgIpc) is 2.87. The van der Waals surface area contributed by atoms with E-state index in [0.717, 1.165) is 4.90 Å². The number of alkyl halides is 3. The van der Waals surface area contributed by atoms with Crippen LogP contribution in [-0.2, 0) is 14.8 Å². The molecule has 0 aromatic carbocycles. The molecule has 20 heavy (non-hydrogen) atoms. The fourth-order valence-corrected chi connectivity index (χ4v) is 4.16. The van der Waals surface area contributed by atoms with E-state index in [0.29, 0.717) is 4.31 Å². The molecule has 0 radical (unpaired) electrons. The molecule has 3 amide bonds. The lowest BCUT2D eigenvalue weighted by Crippen LogP contribution is -2.44. The van der Waals surface area contributed by atoms with Crippen molar-refractivity contribution in [2.24, 2.45) is 0 Å². The van der Waals surface area contributed by atoms with Gasteiger partial charge in [0.25, 0.3) is 5.91 Å². The first-order chi connectivity index (χ1) is 9.10. The van der Waals surface area contributed by atoms with Crippen molar-refractivity contribution in [3.05, 3.63) is 11.4 Å². The lowest BCUT2D eigenvalue weighted by molar-refractivity contribution is -0.116. The zero-order valence-electron chi connectivity index (χ0n) is 9.77. The van der Waals surface area contributed by atoms with Crippen LogP contribution >= 0.6 is 0 Å². The Morgan fingerprint density at radius 2 is 1.95 bits per heavy atom. The summed E-state index contributed by atoms with van der Waals surface area (Å²) in [6.07, 6.45) is -4.79. The summed E-state index contributed by atoms with van der Waals surface area (Å²) in [5, 5.41) is 1.99. The van der Waals surface area contributed by atoms with Crippen molar-refractivity contribution >= 4 is 22.0 Å². The standard InChI is InChI=1S/C9H8F3N3O4S/c10-9(11,12)3-20(18,19)14-2-4-1-5(14)6-7(16)13-8(17)15(4)6/h4H,1-3H2,(H,13,16,17). The lowest BCUT2D eigenvalue weighted by Gasteiger charge is -2.28. The van der Waals surface area contributed by atoms with Gasteiger partial charge >= 0.3 is 12.2 Å². The van der Waals surface area contributed by atoms with Crippen LogP contribution < -0.4 is 5.32 Å². The topological polar surface area (TPSA) is 86.8 Å². The smallest absolute Gasteiger partial charge is 0.282 e. The van der Waals surface area contributed by atoms with Crippen molar-refractivity contribution in [3.63, 3.8) is 0 Å². The minimum atomic E-state index is -4.86. The van der Waals surface area contributed by atoms with Gasteiger partial charge in [0.05, 0.1) is 18.3 Å². The minimum Gasteiger partial charge on any atom is -0.282 e. The maximum absolute atomic E-state index is 12.3. The predicted molar refractivity (Wildman–Crippen MR) is 57.4 cm³/mol. The molecule has 1 N–H and O–H groups in total. The summed E-state index contributed by atoms with van der Waals surface area (Å²) in [5.74, 6) is -2.77. The number of imide groups is 1. The Labute approximate surface area is 111 Å². The van der Waals surface area contributed by atoms with Gasteiger partial charge in [0.1, 0.15) is 5.70 Å². The summed E-state index contributed by atoms with van der Waals surface area (Å²) in [4.78, 5) is 24.1. The highest BCUT2D eigenvalue weighted by molar-refractivity contribution is 7.89. The van der Waals surface area contributed by atoms with Gasteiger partial charge in [-0.2, -0.15) is 13.2 Å². The normalized spacial score (nSPS) is 25.6. The minimum absolute atomic E-state index is 0.0393. The number of nitrogens with one attached hydrogen (secondary N) is 1. The van der Waals surface area contributed by atoms with Gasteiger partial charge in [0, 0.05) is 6.42 Å². The Balaban J connectivity index is 1.98. The van der Waals surface area contributed by atoms with Gasteiger partial charge in [-0.1, -0.05) is 0 Å². The summed E-state index contributed by atoms with van der Waals surface area (Å²) in [5.41, 5.74) is -0.195. The van der Waals surface area contributed by atoms with Crippen LogP contribution in [0.5, 0.6) is 0 Å². The van der Waals surface area contributed by atoms with E-state index < -0.39 is 39.9 Å². The van der Waals surface area contributed by atoms with E-state index in [-0.39, 0.29) is 24.4 Å². The molecular formula is C9H8F3N3O4S. The molecule has 3 rings (SSSR count). The second kappa shape index (κ2) is 3.65. The number of fused-ring (bicyclic) bond motifs is 4. The second-order valence-electron chi connectivity index (χ2n) is 4.69. The Bertz CT molecular complexity index is 654. The van der Waals surface area contributed by atoms with Crippen LogP contribution in [-0.4, -0.2) is 54.1 Å². The molecule has 7 nitrogen and oxygen atoms in total. The first kappa shape index (κ1) is 13.2. The average molecular weight is 311 g/mol. The van der Waals surface area contributed by atoms with Gasteiger partial charge in [-0.15, -0.1) is 0 Å². The van der Waals surface area contributed by atoms with Crippen molar-refractivity contribution in [1.29, 1.82) is 0 Å². The molecular weight excluding hydrogens is 303 g/mol. The predicted octanol–water partition coefficient (Wildman–Crippen LogP) is -0.270. The van der Waals surface area contributed by atoms with Gasteiger partial charge in [-0.05, 0) is 0 Å². The van der Waals surface area contributed by atoms with Gasteiger partial charge in [-0.25, -0.2) is 13.2 Å². The van der Waals surface area contributed by atoms with E-state index in [9.17, 15) is 31.2 Å². The highest BCUT2D eigenvalue weighted by Crippen LogP contribution is 2.42. The first-order valence-electron chi connectivity index (χ1n) is 5.55. The van der Waals surface area contributed by atoms with E-state index in [2.05, 4.69) is 0 Å². The number of nitrogens with zero attached hydrogens (tertiary/aromatic N) is 2. The van der Waals surface area contributed by atoms with E-state index in [1.54, 1.807) is 0 Å². The van der Waals surface area contributed by atoms with Crippen LogP contribution in [0.15, 0.2) is 11.4 Å². The van der Waals surface area contributed by atoms with E-state index >= 15 is 0 Å². The molecule has 1 atom stereocenters. The molecule has 3 aliphatic heterocycles. The number of rotatable bonds is 2. The SMILES string of the molecule is O=C1NC(=O)N2C1=C1CC2CN1S(=O)(=O)CC(F)(F)F. The highest BCUT2D eigenvalue weighted by Gasteiger charge is 2.55. The van der Waals surface area contributed by atoms with E-state index in [1.807, 2.05) is 5.32 Å². The molecule has 2 fully saturated rings. The van der Waals surface area contributed by atoms with Crippen LogP contribution in [0.4, 0.5) is 18.0 Å². The Morgan fingerprint density at radius 3 is 2.55 bits per heavy atom. The van der Waals surface area contributed by atoms with Crippen LogP contribution in [0.25, 0.3) is 0 Å². The quantitative estimate of drug-likeness (QED) is 0.711.